The summed E-state index contributed by atoms with van der Waals surface area (Å²) in [5.74, 6) is 0. The van der Waals surface area contributed by atoms with Crippen LogP contribution >= 0.6 is 11.3 Å². The maximum atomic E-state index is 11.7. The first-order chi connectivity index (χ1) is 14.0. The van der Waals surface area contributed by atoms with Gasteiger partial charge in [0.15, 0.2) is 5.13 Å². The molecular weight excluding hydrogens is 390 g/mol. The van der Waals surface area contributed by atoms with Gasteiger partial charge >= 0.3 is 6.09 Å². The van der Waals surface area contributed by atoms with Gasteiger partial charge in [-0.2, -0.15) is 0 Å². The zero-order valence-corrected chi connectivity index (χ0v) is 16.5. The molecule has 0 radical (unpaired) electrons. The number of alkyl carbamates (subject to hydrolysis) is 1. The maximum Gasteiger partial charge on any atom is 0.407 e. The number of aromatic nitrogens is 1. The number of thiazole rings is 1. The molecule has 2 unspecified atom stereocenters. The molecule has 0 saturated heterocycles. The summed E-state index contributed by atoms with van der Waals surface area (Å²) in [5, 5.41) is 25.5. The minimum atomic E-state index is -1.06. The van der Waals surface area contributed by atoms with E-state index in [0.717, 1.165) is 16.8 Å². The quantitative estimate of drug-likeness (QED) is 0.451. The Morgan fingerprint density at radius 3 is 2.52 bits per heavy atom. The summed E-state index contributed by atoms with van der Waals surface area (Å²) in [5.41, 5.74) is 8.77. The molecule has 152 valence electrons. The van der Waals surface area contributed by atoms with Crippen molar-refractivity contribution in [1.29, 1.82) is 0 Å². The van der Waals surface area contributed by atoms with Crippen LogP contribution in [0.1, 0.15) is 23.7 Å². The minimum Gasteiger partial charge on any atom is -0.445 e. The summed E-state index contributed by atoms with van der Waals surface area (Å²) < 4.78 is 5.10. The number of aliphatic hydroxyl groups excluding tert-OH is 2. The van der Waals surface area contributed by atoms with Gasteiger partial charge in [-0.05, 0) is 17.5 Å². The van der Waals surface area contributed by atoms with Crippen molar-refractivity contribution in [3.05, 3.63) is 71.1 Å². The molecule has 0 saturated carbocycles. The van der Waals surface area contributed by atoms with Crippen LogP contribution in [0, 0.1) is 0 Å². The number of amides is 1. The lowest BCUT2D eigenvalue weighted by molar-refractivity contribution is 0.0136. The first-order valence-corrected chi connectivity index (χ1v) is 10.0. The number of nitrogens with zero attached hydrogens (tertiary/aromatic N) is 1. The van der Waals surface area contributed by atoms with Gasteiger partial charge < -0.3 is 26.0 Å². The molecule has 1 amide bonds. The van der Waals surface area contributed by atoms with E-state index in [0.29, 0.717) is 10.7 Å². The monoisotopic (exact) mass is 413 g/mol. The third-order valence-electron chi connectivity index (χ3n) is 4.36. The van der Waals surface area contributed by atoms with Crippen molar-refractivity contribution < 1.29 is 19.7 Å². The predicted octanol–water partition coefficient (Wildman–Crippen LogP) is 3.10. The van der Waals surface area contributed by atoms with E-state index < -0.39 is 18.3 Å². The van der Waals surface area contributed by atoms with Crippen molar-refractivity contribution >= 4 is 22.6 Å². The predicted molar refractivity (Wildman–Crippen MR) is 112 cm³/mol. The van der Waals surface area contributed by atoms with Crippen LogP contribution < -0.4 is 11.1 Å². The van der Waals surface area contributed by atoms with E-state index in [4.69, 9.17) is 10.5 Å². The highest BCUT2D eigenvalue weighted by molar-refractivity contribution is 7.13. The fourth-order valence-corrected chi connectivity index (χ4v) is 3.32. The first kappa shape index (κ1) is 20.8. The number of anilines is 1. The molecular formula is C21H23N3O4S. The summed E-state index contributed by atoms with van der Waals surface area (Å²) in [6.45, 7) is 0.358. The molecule has 0 bridgehead atoms. The van der Waals surface area contributed by atoms with Gasteiger partial charge in [0.05, 0.1) is 11.8 Å². The molecule has 0 aliphatic carbocycles. The van der Waals surface area contributed by atoms with E-state index in [1.807, 2.05) is 47.8 Å². The normalized spacial score (nSPS) is 12.9. The number of aliphatic hydroxyl groups is 2. The summed E-state index contributed by atoms with van der Waals surface area (Å²) in [4.78, 5) is 15.9. The Balaban J connectivity index is 1.42. The standard InChI is InChI=1S/C21H23N3O4S/c22-20-24-17(13-29-20)15-6-8-16(9-7-15)19(26)18(25)10-11-23-21(27)28-12-14-4-2-1-3-5-14/h1-9,13,18-19,25-26H,10-12H2,(H2,22,24)(H,23,27). The zero-order valence-electron chi connectivity index (χ0n) is 15.7. The van der Waals surface area contributed by atoms with E-state index in [2.05, 4.69) is 10.3 Å². The van der Waals surface area contributed by atoms with E-state index in [-0.39, 0.29) is 19.6 Å². The SMILES string of the molecule is Nc1nc(-c2ccc(C(O)C(O)CCNC(=O)OCc3ccccc3)cc2)cs1. The number of hydrogen-bond acceptors (Lipinski definition) is 7. The van der Waals surface area contributed by atoms with Crippen LogP contribution in [-0.4, -0.2) is 33.9 Å². The molecule has 7 nitrogen and oxygen atoms in total. The third kappa shape index (κ3) is 6.02. The number of rotatable bonds is 8. The molecule has 2 atom stereocenters. The second-order valence-corrected chi connectivity index (χ2v) is 7.37. The van der Waals surface area contributed by atoms with Crippen LogP contribution in [0.2, 0.25) is 0 Å². The number of carbonyl (C=O) groups is 1. The topological polar surface area (TPSA) is 118 Å². The minimum absolute atomic E-state index is 0.175. The Bertz CT molecular complexity index is 915. The van der Waals surface area contributed by atoms with Crippen LogP contribution in [0.5, 0.6) is 0 Å². The van der Waals surface area contributed by atoms with Gasteiger partial charge in [0.1, 0.15) is 12.7 Å². The second kappa shape index (κ2) is 10.0. The molecule has 2 aromatic carbocycles. The molecule has 0 fully saturated rings. The van der Waals surface area contributed by atoms with Crippen LogP contribution in [0.4, 0.5) is 9.93 Å². The number of hydrogen-bond donors (Lipinski definition) is 4. The highest BCUT2D eigenvalue weighted by Crippen LogP contribution is 2.26. The van der Waals surface area contributed by atoms with E-state index in [9.17, 15) is 15.0 Å². The highest BCUT2D eigenvalue weighted by atomic mass is 32.1. The largest absolute Gasteiger partial charge is 0.445 e. The summed E-state index contributed by atoms with van der Waals surface area (Å²) in [6, 6.07) is 16.5. The number of benzene rings is 2. The Morgan fingerprint density at radius 1 is 1.14 bits per heavy atom. The molecule has 3 aromatic rings. The Hall–Kier alpha value is -2.94. The lowest BCUT2D eigenvalue weighted by Crippen LogP contribution is -2.29. The van der Waals surface area contributed by atoms with Gasteiger partial charge in [0.2, 0.25) is 0 Å². The summed E-state index contributed by atoms with van der Waals surface area (Å²) in [6.07, 6.45) is -2.47. The van der Waals surface area contributed by atoms with Gasteiger partial charge in [-0.15, -0.1) is 11.3 Å². The lowest BCUT2D eigenvalue weighted by Gasteiger charge is -2.18. The first-order valence-electron chi connectivity index (χ1n) is 9.15. The Kier molecular flexibility index (Phi) is 7.18. The van der Waals surface area contributed by atoms with Crippen LogP contribution in [0.3, 0.4) is 0 Å². The molecule has 1 heterocycles. The third-order valence-corrected chi connectivity index (χ3v) is 5.03. The van der Waals surface area contributed by atoms with E-state index >= 15 is 0 Å². The molecule has 29 heavy (non-hydrogen) atoms. The molecule has 5 N–H and O–H groups in total. The van der Waals surface area contributed by atoms with Gasteiger partial charge in [-0.25, -0.2) is 9.78 Å². The smallest absolute Gasteiger partial charge is 0.407 e. The van der Waals surface area contributed by atoms with Gasteiger partial charge in [-0.3, -0.25) is 0 Å². The lowest BCUT2D eigenvalue weighted by atomic mass is 10.0. The van der Waals surface area contributed by atoms with Gasteiger partial charge in [0, 0.05) is 17.5 Å². The van der Waals surface area contributed by atoms with Crippen LogP contribution in [0.15, 0.2) is 60.0 Å². The van der Waals surface area contributed by atoms with Crippen molar-refractivity contribution in [3.63, 3.8) is 0 Å². The average molecular weight is 413 g/mol. The number of nitrogen functional groups attached to an aromatic ring is 1. The van der Waals surface area contributed by atoms with Crippen LogP contribution in [0.25, 0.3) is 11.3 Å². The molecule has 0 spiro atoms. The van der Waals surface area contributed by atoms with Crippen molar-refractivity contribution in [2.45, 2.75) is 25.2 Å². The fourth-order valence-electron chi connectivity index (χ4n) is 2.75. The van der Waals surface area contributed by atoms with Crippen molar-refractivity contribution in [2.75, 3.05) is 12.3 Å². The van der Waals surface area contributed by atoms with Crippen LogP contribution in [-0.2, 0) is 11.3 Å². The average Bonchev–Trinajstić information content (AvgIpc) is 3.19. The molecule has 0 aliphatic rings. The fraction of sp³-hybridized carbons (Fsp3) is 0.238. The van der Waals surface area contributed by atoms with Crippen molar-refractivity contribution in [2.24, 2.45) is 0 Å². The molecule has 0 aliphatic heterocycles. The van der Waals surface area contributed by atoms with Gasteiger partial charge in [0.25, 0.3) is 0 Å². The van der Waals surface area contributed by atoms with E-state index in [1.165, 1.54) is 11.3 Å². The van der Waals surface area contributed by atoms with E-state index in [1.54, 1.807) is 12.1 Å². The number of ether oxygens (including phenoxy) is 1. The number of carbonyl (C=O) groups excluding carboxylic acids is 1. The Morgan fingerprint density at radius 2 is 1.86 bits per heavy atom. The molecule has 8 heteroatoms. The molecule has 3 rings (SSSR count). The zero-order chi connectivity index (χ0) is 20.6. The number of nitrogens with two attached hydrogens (primary N) is 1. The Labute approximate surface area is 172 Å². The van der Waals surface area contributed by atoms with Gasteiger partial charge in [-0.1, -0.05) is 54.6 Å². The number of nitrogens with one attached hydrogen (secondary N) is 1. The van der Waals surface area contributed by atoms with Crippen molar-refractivity contribution in [1.82, 2.24) is 10.3 Å². The van der Waals surface area contributed by atoms with Crippen molar-refractivity contribution in [3.8, 4) is 11.3 Å². The maximum absolute atomic E-state index is 11.7. The summed E-state index contributed by atoms with van der Waals surface area (Å²) >= 11 is 1.36. The second-order valence-electron chi connectivity index (χ2n) is 6.48. The summed E-state index contributed by atoms with van der Waals surface area (Å²) in [7, 11) is 0. The highest BCUT2D eigenvalue weighted by Gasteiger charge is 2.18. The molecule has 1 aromatic heterocycles.